The quantitative estimate of drug-likeness (QED) is 0.229. The second kappa shape index (κ2) is 11.3. The number of unbranched alkanes of at least 4 members (excludes halogenated alkanes) is 2. The van der Waals surface area contributed by atoms with E-state index >= 15 is 0 Å². The maximum absolute atomic E-state index is 13.3. The Morgan fingerprint density at radius 1 is 1.03 bits per heavy atom. The van der Waals surface area contributed by atoms with Crippen LogP contribution in [0.3, 0.4) is 0 Å². The number of carbonyl (C=O) groups is 2. The summed E-state index contributed by atoms with van der Waals surface area (Å²) in [7, 11) is 0. The molecule has 0 saturated carbocycles. The summed E-state index contributed by atoms with van der Waals surface area (Å²) in [6.45, 7) is 4.55. The number of hydrogen-bond donors (Lipinski definition) is 1. The van der Waals surface area contributed by atoms with Crippen LogP contribution in [0.1, 0.15) is 56.2 Å². The lowest BCUT2D eigenvalue weighted by Crippen LogP contribution is -2.36. The van der Waals surface area contributed by atoms with Gasteiger partial charge in [0.05, 0.1) is 24.3 Å². The molecule has 0 radical (unpaired) electrons. The molecule has 5 rings (SSSR count). The van der Waals surface area contributed by atoms with Gasteiger partial charge in [0.25, 0.3) is 11.7 Å². The normalized spacial score (nSPS) is 22.5. The van der Waals surface area contributed by atoms with E-state index in [9.17, 15) is 14.7 Å². The van der Waals surface area contributed by atoms with Crippen molar-refractivity contribution in [2.24, 2.45) is 0 Å². The fraction of sp³-hybridized carbons (Fsp3) is 0.448. The summed E-state index contributed by atoms with van der Waals surface area (Å²) in [5, 5.41) is 11.4. The lowest BCUT2D eigenvalue weighted by atomic mass is 9.95. The molecule has 2 atom stereocenters. The molecule has 1 amide bonds. The smallest absolute Gasteiger partial charge is 0.295 e. The molecule has 0 aromatic heterocycles. The van der Waals surface area contributed by atoms with Crippen molar-refractivity contribution in [3.8, 4) is 17.2 Å². The molecule has 2 saturated heterocycles. The van der Waals surface area contributed by atoms with Crippen LogP contribution in [0.5, 0.6) is 17.2 Å². The molecule has 2 fully saturated rings. The van der Waals surface area contributed by atoms with Crippen molar-refractivity contribution in [2.45, 2.75) is 51.2 Å². The van der Waals surface area contributed by atoms with E-state index in [1.165, 1.54) is 4.90 Å². The van der Waals surface area contributed by atoms with E-state index in [4.69, 9.17) is 18.9 Å². The standard InChI is InChI=1S/C29H33NO7/c1-2-3-4-13-34-21-10-7-19(8-11-21)26-25(28(32)29(33)30(26)18-22-6-5-14-35-22)27(31)20-9-12-23-24(17-20)37-16-15-36-23/h7-12,17,22,26,31H,2-6,13-16,18H2,1H3. The summed E-state index contributed by atoms with van der Waals surface area (Å²) in [6.07, 6.45) is 4.80. The van der Waals surface area contributed by atoms with E-state index < -0.39 is 17.7 Å². The van der Waals surface area contributed by atoms with Gasteiger partial charge in [-0.05, 0) is 55.2 Å². The SMILES string of the molecule is CCCCCOc1ccc(C2C(=C(O)c3ccc4c(c3)OCCO4)C(=O)C(=O)N2CC2CCCO2)cc1. The predicted octanol–water partition coefficient (Wildman–Crippen LogP) is 4.63. The Hall–Kier alpha value is -3.52. The fourth-order valence-corrected chi connectivity index (χ4v) is 5.06. The largest absolute Gasteiger partial charge is 0.507 e. The first-order chi connectivity index (χ1) is 18.1. The van der Waals surface area contributed by atoms with Gasteiger partial charge in [0.2, 0.25) is 0 Å². The fourth-order valence-electron chi connectivity index (χ4n) is 5.06. The Morgan fingerprint density at radius 3 is 2.54 bits per heavy atom. The summed E-state index contributed by atoms with van der Waals surface area (Å²) in [5.74, 6) is 0.199. The third kappa shape index (κ3) is 5.30. The van der Waals surface area contributed by atoms with Crippen LogP contribution in [0.25, 0.3) is 5.76 Å². The monoisotopic (exact) mass is 507 g/mol. The molecule has 0 aliphatic carbocycles. The van der Waals surface area contributed by atoms with Crippen molar-refractivity contribution in [3.63, 3.8) is 0 Å². The van der Waals surface area contributed by atoms with Crippen LogP contribution in [0.15, 0.2) is 48.0 Å². The number of ether oxygens (including phenoxy) is 4. The molecule has 3 aliphatic heterocycles. The second-order valence-electron chi connectivity index (χ2n) is 9.57. The third-order valence-corrected chi connectivity index (χ3v) is 6.99. The van der Waals surface area contributed by atoms with E-state index in [2.05, 4.69) is 6.92 Å². The summed E-state index contributed by atoms with van der Waals surface area (Å²) < 4.78 is 22.9. The molecule has 0 bridgehead atoms. The van der Waals surface area contributed by atoms with Gasteiger partial charge < -0.3 is 29.0 Å². The second-order valence-corrected chi connectivity index (χ2v) is 9.57. The number of Topliss-reactive ketones (excluding diaryl/α,β-unsaturated/α-hetero) is 1. The zero-order valence-corrected chi connectivity index (χ0v) is 21.1. The van der Waals surface area contributed by atoms with Gasteiger partial charge >= 0.3 is 0 Å². The number of carbonyl (C=O) groups excluding carboxylic acids is 2. The predicted molar refractivity (Wildman–Crippen MR) is 137 cm³/mol. The average Bonchev–Trinajstić information content (AvgIpc) is 3.53. The average molecular weight is 508 g/mol. The Balaban J connectivity index is 1.49. The van der Waals surface area contributed by atoms with Crippen LogP contribution < -0.4 is 14.2 Å². The van der Waals surface area contributed by atoms with E-state index in [0.29, 0.717) is 43.5 Å². The topological polar surface area (TPSA) is 94.5 Å². The number of ketones is 1. The number of nitrogens with zero attached hydrogens (tertiary/aromatic N) is 1. The van der Waals surface area contributed by atoms with Crippen LogP contribution in [0, 0.1) is 0 Å². The zero-order valence-electron chi connectivity index (χ0n) is 21.1. The minimum atomic E-state index is -0.744. The molecule has 3 heterocycles. The Bertz CT molecular complexity index is 1170. The number of fused-ring (bicyclic) bond motifs is 1. The van der Waals surface area contributed by atoms with Crippen LogP contribution in [0.2, 0.25) is 0 Å². The van der Waals surface area contributed by atoms with E-state index in [-0.39, 0.29) is 24.0 Å². The lowest BCUT2D eigenvalue weighted by Gasteiger charge is -2.27. The van der Waals surface area contributed by atoms with Crippen molar-refractivity contribution in [1.82, 2.24) is 4.90 Å². The molecule has 8 heteroatoms. The number of aliphatic hydroxyl groups is 1. The van der Waals surface area contributed by atoms with Gasteiger partial charge in [-0.3, -0.25) is 9.59 Å². The third-order valence-electron chi connectivity index (χ3n) is 6.99. The van der Waals surface area contributed by atoms with Crippen molar-refractivity contribution < 1.29 is 33.6 Å². The van der Waals surface area contributed by atoms with Gasteiger partial charge in [-0.25, -0.2) is 0 Å². The van der Waals surface area contributed by atoms with Gasteiger partial charge in [-0.1, -0.05) is 31.9 Å². The Labute approximate surface area is 216 Å². The number of rotatable bonds is 9. The number of amides is 1. The Kier molecular flexibility index (Phi) is 7.65. The highest BCUT2D eigenvalue weighted by atomic mass is 16.6. The molecule has 2 unspecified atom stereocenters. The minimum absolute atomic E-state index is 0.0521. The maximum atomic E-state index is 13.3. The van der Waals surface area contributed by atoms with Crippen molar-refractivity contribution in [3.05, 3.63) is 59.2 Å². The molecule has 1 N–H and O–H groups in total. The minimum Gasteiger partial charge on any atom is -0.507 e. The number of benzene rings is 2. The highest BCUT2D eigenvalue weighted by molar-refractivity contribution is 6.46. The van der Waals surface area contributed by atoms with Crippen LogP contribution in [0.4, 0.5) is 0 Å². The molecule has 0 spiro atoms. The van der Waals surface area contributed by atoms with Gasteiger partial charge in [0, 0.05) is 18.7 Å². The highest BCUT2D eigenvalue weighted by Gasteiger charge is 2.47. The van der Waals surface area contributed by atoms with E-state index in [1.54, 1.807) is 18.2 Å². The summed E-state index contributed by atoms with van der Waals surface area (Å²) in [6, 6.07) is 11.7. The number of likely N-dealkylation sites (tertiary alicyclic amines) is 1. The summed E-state index contributed by atoms with van der Waals surface area (Å²) >= 11 is 0. The van der Waals surface area contributed by atoms with Crippen LogP contribution in [-0.2, 0) is 14.3 Å². The van der Waals surface area contributed by atoms with Gasteiger partial charge in [-0.2, -0.15) is 0 Å². The van der Waals surface area contributed by atoms with Crippen molar-refractivity contribution in [1.29, 1.82) is 0 Å². The molecular formula is C29H33NO7. The van der Waals surface area contributed by atoms with Crippen molar-refractivity contribution in [2.75, 3.05) is 33.0 Å². The van der Waals surface area contributed by atoms with Crippen molar-refractivity contribution >= 4 is 17.4 Å². The first-order valence-corrected chi connectivity index (χ1v) is 13.1. The first-order valence-electron chi connectivity index (χ1n) is 13.1. The molecule has 196 valence electrons. The summed E-state index contributed by atoms with van der Waals surface area (Å²) in [5.41, 5.74) is 1.16. The first kappa shape index (κ1) is 25.1. The zero-order chi connectivity index (χ0) is 25.8. The lowest BCUT2D eigenvalue weighted by molar-refractivity contribution is -0.140. The highest BCUT2D eigenvalue weighted by Crippen LogP contribution is 2.42. The van der Waals surface area contributed by atoms with Gasteiger partial charge in [0.15, 0.2) is 11.5 Å². The number of aliphatic hydroxyl groups excluding tert-OH is 1. The molecule has 8 nitrogen and oxygen atoms in total. The molecular weight excluding hydrogens is 474 g/mol. The Morgan fingerprint density at radius 2 is 1.81 bits per heavy atom. The molecule has 3 aliphatic rings. The maximum Gasteiger partial charge on any atom is 0.295 e. The van der Waals surface area contributed by atoms with Gasteiger partial charge in [0.1, 0.15) is 24.7 Å². The summed E-state index contributed by atoms with van der Waals surface area (Å²) in [4.78, 5) is 28.1. The van der Waals surface area contributed by atoms with E-state index in [0.717, 1.165) is 43.4 Å². The van der Waals surface area contributed by atoms with Crippen LogP contribution >= 0.6 is 0 Å². The number of hydrogen-bond acceptors (Lipinski definition) is 7. The van der Waals surface area contributed by atoms with Gasteiger partial charge in [-0.15, -0.1) is 0 Å². The van der Waals surface area contributed by atoms with Crippen LogP contribution in [-0.4, -0.2) is 60.8 Å². The van der Waals surface area contributed by atoms with E-state index in [1.807, 2.05) is 24.3 Å². The molecule has 2 aromatic carbocycles. The molecule has 2 aromatic rings. The molecule has 37 heavy (non-hydrogen) atoms.